The van der Waals surface area contributed by atoms with Crippen LogP contribution in [-0.2, 0) is 20.9 Å². The molecule has 0 unspecified atom stereocenters. The molecule has 5 heteroatoms. The van der Waals surface area contributed by atoms with Gasteiger partial charge in [0.2, 0.25) is 0 Å². The minimum absolute atomic E-state index is 0.0926. The monoisotopic (exact) mass is 319 g/mol. The average Bonchev–Trinajstić information content (AvgIpc) is 2.61. The van der Waals surface area contributed by atoms with Gasteiger partial charge in [-0.2, -0.15) is 0 Å². The van der Waals surface area contributed by atoms with Crippen LogP contribution in [0.5, 0.6) is 0 Å². The zero-order chi connectivity index (χ0) is 16.5. The minimum atomic E-state index is -0.313. The number of likely N-dealkylation sites (tertiary alicyclic amines) is 1. The first kappa shape index (κ1) is 17.3. The molecule has 1 aliphatic heterocycles. The molecule has 1 fully saturated rings. The van der Waals surface area contributed by atoms with Crippen molar-refractivity contribution in [3.63, 3.8) is 0 Å². The van der Waals surface area contributed by atoms with E-state index in [1.165, 1.54) is 0 Å². The van der Waals surface area contributed by atoms with E-state index in [1.54, 1.807) is 4.90 Å². The maximum absolute atomic E-state index is 12.0. The minimum Gasteiger partial charge on any atom is -0.465 e. The average molecular weight is 319 g/mol. The summed E-state index contributed by atoms with van der Waals surface area (Å²) in [5.74, 6) is -0.221. The standard InChI is InChI=1S/C18H25NO4/c1-2-3-13-22-17(20)16-9-11-19(12-10-16)18(21)23-14-15-7-5-4-6-8-15/h4-8,16H,2-3,9-14H2,1H3. The molecule has 0 spiro atoms. The number of carbonyl (C=O) groups is 2. The molecule has 0 atom stereocenters. The summed E-state index contributed by atoms with van der Waals surface area (Å²) in [4.78, 5) is 25.6. The Kier molecular flexibility index (Phi) is 6.91. The van der Waals surface area contributed by atoms with Crippen molar-refractivity contribution < 1.29 is 19.1 Å². The van der Waals surface area contributed by atoms with Crippen LogP contribution in [0.3, 0.4) is 0 Å². The smallest absolute Gasteiger partial charge is 0.410 e. The molecule has 1 heterocycles. The third-order valence-corrected chi connectivity index (χ3v) is 4.03. The van der Waals surface area contributed by atoms with Gasteiger partial charge in [0.15, 0.2) is 0 Å². The van der Waals surface area contributed by atoms with Crippen molar-refractivity contribution in [1.29, 1.82) is 0 Å². The Hall–Kier alpha value is -2.04. The van der Waals surface area contributed by atoms with Crippen molar-refractivity contribution in [2.24, 2.45) is 5.92 Å². The van der Waals surface area contributed by atoms with Crippen molar-refractivity contribution in [3.05, 3.63) is 35.9 Å². The molecule has 0 radical (unpaired) electrons. The Labute approximate surface area is 137 Å². The second kappa shape index (κ2) is 9.18. The number of ether oxygens (including phenoxy) is 2. The highest BCUT2D eigenvalue weighted by atomic mass is 16.6. The van der Waals surface area contributed by atoms with E-state index >= 15 is 0 Å². The molecule has 1 aromatic carbocycles. The molecule has 23 heavy (non-hydrogen) atoms. The number of carbonyl (C=O) groups excluding carboxylic acids is 2. The molecule has 1 aliphatic rings. The van der Waals surface area contributed by atoms with Crippen LogP contribution in [0, 0.1) is 5.92 Å². The van der Waals surface area contributed by atoms with E-state index in [-0.39, 0.29) is 24.6 Å². The van der Waals surface area contributed by atoms with Gasteiger partial charge >= 0.3 is 12.1 Å². The normalized spacial score (nSPS) is 15.3. The molecule has 0 bridgehead atoms. The van der Waals surface area contributed by atoms with Gasteiger partial charge in [0.25, 0.3) is 0 Å². The summed E-state index contributed by atoms with van der Waals surface area (Å²) >= 11 is 0. The van der Waals surface area contributed by atoms with Crippen molar-refractivity contribution in [1.82, 2.24) is 4.90 Å². The summed E-state index contributed by atoms with van der Waals surface area (Å²) in [6.45, 7) is 3.92. The molecule has 0 N–H and O–H groups in total. The summed E-state index contributed by atoms with van der Waals surface area (Å²) in [7, 11) is 0. The molecule has 1 amide bonds. The molecular weight excluding hydrogens is 294 g/mol. The fraction of sp³-hybridized carbons (Fsp3) is 0.556. The van der Waals surface area contributed by atoms with Crippen LogP contribution in [0.1, 0.15) is 38.2 Å². The van der Waals surface area contributed by atoms with Gasteiger partial charge in [0, 0.05) is 13.1 Å². The van der Waals surface area contributed by atoms with Gasteiger partial charge in [-0.15, -0.1) is 0 Å². The van der Waals surface area contributed by atoms with Gasteiger partial charge in [0.1, 0.15) is 6.61 Å². The summed E-state index contributed by atoms with van der Waals surface area (Å²) in [6, 6.07) is 9.60. The first-order valence-electron chi connectivity index (χ1n) is 8.33. The number of nitrogens with zero attached hydrogens (tertiary/aromatic N) is 1. The molecule has 0 aromatic heterocycles. The lowest BCUT2D eigenvalue weighted by molar-refractivity contribution is -0.150. The second-order valence-corrected chi connectivity index (χ2v) is 5.82. The Morgan fingerprint density at radius 2 is 1.83 bits per heavy atom. The largest absolute Gasteiger partial charge is 0.465 e. The molecule has 1 saturated heterocycles. The van der Waals surface area contributed by atoms with Crippen molar-refractivity contribution in [2.45, 2.75) is 39.2 Å². The Balaban J connectivity index is 1.69. The summed E-state index contributed by atoms with van der Waals surface area (Å²) < 4.78 is 10.6. The third-order valence-electron chi connectivity index (χ3n) is 4.03. The SMILES string of the molecule is CCCCOC(=O)C1CCN(C(=O)OCc2ccccc2)CC1. The van der Waals surface area contributed by atoms with Crippen molar-refractivity contribution in [2.75, 3.05) is 19.7 Å². The maximum Gasteiger partial charge on any atom is 0.410 e. The predicted molar refractivity (Wildman–Crippen MR) is 86.8 cm³/mol. The molecule has 5 nitrogen and oxygen atoms in total. The van der Waals surface area contributed by atoms with Crippen LogP contribution in [0.25, 0.3) is 0 Å². The topological polar surface area (TPSA) is 55.8 Å². The molecule has 126 valence electrons. The van der Waals surface area contributed by atoms with Crippen molar-refractivity contribution >= 4 is 12.1 Å². The zero-order valence-corrected chi connectivity index (χ0v) is 13.7. The summed E-state index contributed by atoms with van der Waals surface area (Å²) in [5, 5.41) is 0. The lowest BCUT2D eigenvalue weighted by Crippen LogP contribution is -2.40. The number of unbranched alkanes of at least 4 members (excludes halogenated alkanes) is 1. The number of piperidine rings is 1. The number of amides is 1. The lowest BCUT2D eigenvalue weighted by atomic mass is 9.97. The third kappa shape index (κ3) is 5.58. The number of hydrogen-bond acceptors (Lipinski definition) is 4. The molecule has 1 aromatic rings. The van der Waals surface area contributed by atoms with Crippen LogP contribution in [0.15, 0.2) is 30.3 Å². The first-order valence-corrected chi connectivity index (χ1v) is 8.33. The van der Waals surface area contributed by atoms with Gasteiger partial charge in [-0.25, -0.2) is 4.79 Å². The van der Waals surface area contributed by atoms with Crippen LogP contribution in [-0.4, -0.2) is 36.7 Å². The Bertz CT molecular complexity index is 495. The first-order chi connectivity index (χ1) is 11.2. The molecule has 0 saturated carbocycles. The van der Waals surface area contributed by atoms with Gasteiger partial charge < -0.3 is 14.4 Å². The van der Waals surface area contributed by atoms with Crippen LogP contribution >= 0.6 is 0 Å². The van der Waals surface area contributed by atoms with E-state index in [1.807, 2.05) is 30.3 Å². The highest BCUT2D eigenvalue weighted by Crippen LogP contribution is 2.19. The van der Waals surface area contributed by atoms with Gasteiger partial charge in [-0.05, 0) is 24.8 Å². The second-order valence-electron chi connectivity index (χ2n) is 5.82. The van der Waals surface area contributed by atoms with E-state index in [9.17, 15) is 9.59 Å². The van der Waals surface area contributed by atoms with Crippen molar-refractivity contribution in [3.8, 4) is 0 Å². The van der Waals surface area contributed by atoms with Crippen LogP contribution in [0.2, 0.25) is 0 Å². The van der Waals surface area contributed by atoms with Gasteiger partial charge in [-0.1, -0.05) is 43.7 Å². The highest BCUT2D eigenvalue weighted by Gasteiger charge is 2.28. The molecular formula is C18H25NO4. The van der Waals surface area contributed by atoms with E-state index in [4.69, 9.17) is 9.47 Å². The van der Waals surface area contributed by atoms with Crippen LogP contribution < -0.4 is 0 Å². The van der Waals surface area contributed by atoms with Crippen LogP contribution in [0.4, 0.5) is 4.79 Å². The number of hydrogen-bond donors (Lipinski definition) is 0. The van der Waals surface area contributed by atoms with Gasteiger partial charge in [-0.3, -0.25) is 4.79 Å². The van der Waals surface area contributed by atoms with E-state index in [0.29, 0.717) is 32.5 Å². The number of rotatable bonds is 6. The number of esters is 1. The summed E-state index contributed by atoms with van der Waals surface area (Å²) in [5.41, 5.74) is 0.968. The fourth-order valence-electron chi connectivity index (χ4n) is 2.54. The molecule has 0 aliphatic carbocycles. The zero-order valence-electron chi connectivity index (χ0n) is 13.7. The lowest BCUT2D eigenvalue weighted by Gasteiger charge is -2.30. The maximum atomic E-state index is 12.0. The quantitative estimate of drug-likeness (QED) is 0.596. The Morgan fingerprint density at radius 3 is 2.48 bits per heavy atom. The van der Waals surface area contributed by atoms with E-state index in [2.05, 4.69) is 6.92 Å². The van der Waals surface area contributed by atoms with Gasteiger partial charge in [0.05, 0.1) is 12.5 Å². The molecule has 2 rings (SSSR count). The van der Waals surface area contributed by atoms with E-state index < -0.39 is 0 Å². The summed E-state index contributed by atoms with van der Waals surface area (Å²) in [6.07, 6.45) is 2.89. The van der Waals surface area contributed by atoms with E-state index in [0.717, 1.165) is 18.4 Å². The highest BCUT2D eigenvalue weighted by molar-refractivity contribution is 5.73. The Morgan fingerprint density at radius 1 is 1.13 bits per heavy atom. The predicted octanol–water partition coefficient (Wildman–Crippen LogP) is 3.38. The number of benzene rings is 1. The fourth-order valence-corrected chi connectivity index (χ4v) is 2.54.